The van der Waals surface area contributed by atoms with E-state index in [2.05, 4.69) is 22.6 Å². The highest BCUT2D eigenvalue weighted by Gasteiger charge is 1.86. The van der Waals surface area contributed by atoms with Crippen LogP contribution >= 0.6 is 0 Å². The van der Waals surface area contributed by atoms with E-state index in [1.54, 1.807) is 6.92 Å². The molecule has 3 heteroatoms. The second-order valence-corrected chi connectivity index (χ2v) is 1.73. The summed E-state index contributed by atoms with van der Waals surface area (Å²) in [4.78, 5) is 7.27. The van der Waals surface area contributed by atoms with Crippen molar-refractivity contribution in [2.45, 2.75) is 6.92 Å². The summed E-state index contributed by atoms with van der Waals surface area (Å²) in [6, 6.07) is 0.208. The zero-order valence-corrected chi connectivity index (χ0v) is 6.66. The van der Waals surface area contributed by atoms with Gasteiger partial charge >= 0.3 is 6.02 Å². The summed E-state index contributed by atoms with van der Waals surface area (Å²) in [5.41, 5.74) is 0.711. The van der Waals surface area contributed by atoms with Crippen LogP contribution in [0.4, 0.5) is 0 Å². The molecule has 0 bridgehead atoms. The van der Waals surface area contributed by atoms with E-state index in [1.807, 2.05) is 0 Å². The van der Waals surface area contributed by atoms with Gasteiger partial charge in [-0.25, -0.2) is 9.98 Å². The minimum atomic E-state index is 0.208. The molecule has 11 heavy (non-hydrogen) atoms. The molecule has 58 valence electrons. The molecule has 0 aliphatic rings. The largest absolute Gasteiger partial charge is 0.467 e. The summed E-state index contributed by atoms with van der Waals surface area (Å²) >= 11 is 0. The molecule has 0 N–H and O–H groups in total. The van der Waals surface area contributed by atoms with Crippen molar-refractivity contribution < 1.29 is 4.74 Å². The third kappa shape index (κ3) is 3.93. The average molecular weight is 150 g/mol. The molecule has 0 radical (unpaired) electrons. The van der Waals surface area contributed by atoms with Gasteiger partial charge in [0, 0.05) is 11.8 Å². The summed E-state index contributed by atoms with van der Waals surface area (Å²) < 4.78 is 4.70. The van der Waals surface area contributed by atoms with Gasteiger partial charge in [0.1, 0.15) is 0 Å². The number of hydrogen-bond donors (Lipinski definition) is 0. The minimum Gasteiger partial charge on any atom is -0.467 e. The van der Waals surface area contributed by atoms with Gasteiger partial charge in [0.15, 0.2) is 0 Å². The highest BCUT2D eigenvalue weighted by molar-refractivity contribution is 5.78. The molecule has 0 aromatic rings. The van der Waals surface area contributed by atoms with Gasteiger partial charge in [0.05, 0.1) is 7.11 Å². The predicted octanol–water partition coefficient (Wildman–Crippen LogP) is 1.23. The summed E-state index contributed by atoms with van der Waals surface area (Å²) in [6.07, 6.45) is 6.56. The van der Waals surface area contributed by atoms with Gasteiger partial charge in [-0.05, 0) is 13.6 Å². The van der Waals surface area contributed by atoms with Crippen LogP contribution in [0.3, 0.4) is 0 Å². The van der Waals surface area contributed by atoms with E-state index >= 15 is 0 Å². The maximum atomic E-state index is 5.07. The Labute approximate surface area is 66.5 Å². The smallest absolute Gasteiger partial charge is 0.315 e. The van der Waals surface area contributed by atoms with Crippen molar-refractivity contribution in [1.29, 1.82) is 0 Å². The molecule has 0 fully saturated rings. The lowest BCUT2D eigenvalue weighted by atomic mass is 10.4. The molecule has 0 aliphatic carbocycles. The van der Waals surface area contributed by atoms with Crippen molar-refractivity contribution in [1.82, 2.24) is 0 Å². The number of ether oxygens (including phenoxy) is 1. The number of amidine groups is 1. The average Bonchev–Trinajstić information content (AvgIpc) is 2.06. The molecule has 0 aromatic carbocycles. The molecule has 0 heterocycles. The Balaban J connectivity index is 4.32. The van der Waals surface area contributed by atoms with E-state index in [4.69, 9.17) is 11.2 Å². The molecule has 0 saturated carbocycles. The zero-order valence-electron chi connectivity index (χ0n) is 6.66. The van der Waals surface area contributed by atoms with Gasteiger partial charge in [-0.3, -0.25) is 0 Å². The number of allylic oxidation sites excluding steroid dienone is 1. The first-order valence-corrected chi connectivity index (χ1v) is 2.96. The van der Waals surface area contributed by atoms with Crippen LogP contribution in [0.15, 0.2) is 21.8 Å². The Morgan fingerprint density at radius 1 is 1.73 bits per heavy atom. The number of hydrogen-bond acceptors (Lipinski definition) is 2. The first kappa shape index (κ1) is 9.44. The quantitative estimate of drug-likeness (QED) is 0.314. The molecular formula is C8H10N2O. The zero-order chi connectivity index (χ0) is 8.69. The highest BCUT2D eigenvalue weighted by Crippen LogP contribution is 1.90. The number of aliphatic imine (C=N–C) groups is 2. The van der Waals surface area contributed by atoms with Gasteiger partial charge < -0.3 is 4.74 Å². The Kier molecular flexibility index (Phi) is 4.50. The Morgan fingerprint density at radius 2 is 2.36 bits per heavy atom. The van der Waals surface area contributed by atoms with Crippen LogP contribution in [0, 0.1) is 12.3 Å². The first-order valence-electron chi connectivity index (χ1n) is 2.96. The number of rotatable bonds is 1. The fourth-order valence-corrected chi connectivity index (χ4v) is 0.347. The molecule has 3 nitrogen and oxygen atoms in total. The Hall–Kier alpha value is -1.56. The molecule has 0 rings (SSSR count). The predicted molar refractivity (Wildman–Crippen MR) is 46.6 cm³/mol. The lowest BCUT2D eigenvalue weighted by Gasteiger charge is -1.92. The normalized spacial score (nSPS) is 12.1. The van der Waals surface area contributed by atoms with Crippen LogP contribution in [0.1, 0.15) is 6.92 Å². The first-order chi connectivity index (χ1) is 5.24. The lowest BCUT2D eigenvalue weighted by Crippen LogP contribution is -1.94. The Bertz CT molecular complexity index is 233. The summed E-state index contributed by atoms with van der Waals surface area (Å²) in [5, 5.41) is 0. The van der Waals surface area contributed by atoms with Crippen LogP contribution in [-0.4, -0.2) is 19.8 Å². The monoisotopic (exact) mass is 150 g/mol. The molecule has 0 amide bonds. The third-order valence-corrected chi connectivity index (χ3v) is 0.914. The standard InChI is InChI=1S/C8H10N2O/c1-5-7(2)6-10-8(9-3)11-4/h1,6H,3H2,2,4H3/b7-6+,10-8+. The van der Waals surface area contributed by atoms with Gasteiger partial charge in [-0.1, -0.05) is 5.92 Å². The maximum Gasteiger partial charge on any atom is 0.315 e. The molecule has 0 aromatic heterocycles. The minimum absolute atomic E-state index is 0.208. The lowest BCUT2D eigenvalue weighted by molar-refractivity contribution is 0.397. The molecule has 0 aliphatic heterocycles. The SMILES string of the molecule is C#C/C(C)=C/N=C(\N=C)OC. The van der Waals surface area contributed by atoms with Crippen LogP contribution in [-0.2, 0) is 4.74 Å². The van der Waals surface area contributed by atoms with Crippen LogP contribution in [0.25, 0.3) is 0 Å². The van der Waals surface area contributed by atoms with E-state index in [0.29, 0.717) is 5.57 Å². The summed E-state index contributed by atoms with van der Waals surface area (Å²) in [5.74, 6) is 2.40. The highest BCUT2D eigenvalue weighted by atomic mass is 16.5. The second-order valence-electron chi connectivity index (χ2n) is 1.73. The van der Waals surface area contributed by atoms with E-state index in [-0.39, 0.29) is 6.02 Å². The number of nitrogens with zero attached hydrogens (tertiary/aromatic N) is 2. The molecule has 0 spiro atoms. The van der Waals surface area contributed by atoms with Crippen LogP contribution in [0.5, 0.6) is 0 Å². The fraction of sp³-hybridized carbons (Fsp3) is 0.250. The number of terminal acetylenes is 1. The van der Waals surface area contributed by atoms with E-state index in [1.165, 1.54) is 13.3 Å². The fourth-order valence-electron chi connectivity index (χ4n) is 0.347. The van der Waals surface area contributed by atoms with Crippen molar-refractivity contribution in [3.05, 3.63) is 11.8 Å². The van der Waals surface area contributed by atoms with Gasteiger partial charge in [0.2, 0.25) is 0 Å². The molecule has 0 saturated heterocycles. The van der Waals surface area contributed by atoms with Crippen molar-refractivity contribution in [2.24, 2.45) is 9.98 Å². The van der Waals surface area contributed by atoms with Crippen molar-refractivity contribution in [3.8, 4) is 12.3 Å². The van der Waals surface area contributed by atoms with E-state index in [9.17, 15) is 0 Å². The summed E-state index contributed by atoms with van der Waals surface area (Å²) in [6.45, 7) is 5.01. The van der Waals surface area contributed by atoms with Crippen molar-refractivity contribution in [3.63, 3.8) is 0 Å². The van der Waals surface area contributed by atoms with E-state index in [0.717, 1.165) is 0 Å². The van der Waals surface area contributed by atoms with Crippen molar-refractivity contribution in [2.75, 3.05) is 7.11 Å². The molecular weight excluding hydrogens is 140 g/mol. The van der Waals surface area contributed by atoms with Crippen LogP contribution in [0.2, 0.25) is 0 Å². The van der Waals surface area contributed by atoms with Gasteiger partial charge in [-0.2, -0.15) is 0 Å². The van der Waals surface area contributed by atoms with Crippen molar-refractivity contribution >= 4 is 12.7 Å². The molecule has 0 unspecified atom stereocenters. The van der Waals surface area contributed by atoms with Crippen LogP contribution < -0.4 is 0 Å². The number of methoxy groups -OCH3 is 1. The van der Waals surface area contributed by atoms with Gasteiger partial charge in [-0.15, -0.1) is 6.42 Å². The second kappa shape index (κ2) is 5.24. The third-order valence-electron chi connectivity index (χ3n) is 0.914. The maximum absolute atomic E-state index is 5.07. The molecule has 0 atom stereocenters. The summed E-state index contributed by atoms with van der Waals surface area (Å²) in [7, 11) is 1.46. The topological polar surface area (TPSA) is 34.0 Å². The Morgan fingerprint density at radius 3 is 2.73 bits per heavy atom. The van der Waals surface area contributed by atoms with E-state index < -0.39 is 0 Å². The van der Waals surface area contributed by atoms with Gasteiger partial charge in [0.25, 0.3) is 0 Å².